The number of aliphatic hydroxyl groups is 3. The average Bonchev–Trinajstić information content (AvgIpc) is 2.08. The first-order valence-electron chi connectivity index (χ1n) is 3.61. The first kappa shape index (κ1) is 10.2. The van der Waals surface area contributed by atoms with Crippen molar-refractivity contribution in [3.63, 3.8) is 0 Å². The van der Waals surface area contributed by atoms with Crippen LogP contribution in [0.2, 0.25) is 0 Å². The molecule has 0 saturated carbocycles. The van der Waals surface area contributed by atoms with Gasteiger partial charge in [0.05, 0.1) is 11.5 Å². The van der Waals surface area contributed by atoms with E-state index < -0.39 is 30.0 Å². The van der Waals surface area contributed by atoms with Crippen molar-refractivity contribution in [3.8, 4) is 0 Å². The van der Waals surface area contributed by atoms with Crippen LogP contribution in [0, 0.1) is 0 Å². The molecule has 1 saturated heterocycles. The maximum absolute atomic E-state index is 9.24. The Bertz CT molecular complexity index is 154. The van der Waals surface area contributed by atoms with Crippen molar-refractivity contribution in [3.05, 3.63) is 0 Å². The number of ether oxygens (including phenoxy) is 1. The van der Waals surface area contributed by atoms with Crippen LogP contribution in [0.25, 0.3) is 0 Å². The summed E-state index contributed by atoms with van der Waals surface area (Å²) in [6.07, 6.45) is -4.61. The fraction of sp³-hybridized carbons (Fsp3) is 1.00. The second-order valence-corrected chi connectivity index (χ2v) is 3.23. The van der Waals surface area contributed by atoms with Gasteiger partial charge in [-0.15, -0.1) is 11.6 Å². The summed E-state index contributed by atoms with van der Waals surface area (Å²) >= 11 is 5.67. The quantitative estimate of drug-likeness (QED) is 0.365. The first-order valence-corrected chi connectivity index (χ1v) is 4.05. The molecular formula is C6H12ClNO4. The Kier molecular flexibility index (Phi) is 3.28. The van der Waals surface area contributed by atoms with Crippen molar-refractivity contribution in [2.24, 2.45) is 5.73 Å². The SMILES string of the molecule is NC[C@H]1O[C@H](O)[C@H](O)[C@@H](O)[C@H]1Cl. The molecule has 0 bridgehead atoms. The number of hydrogen-bond acceptors (Lipinski definition) is 5. The molecule has 0 spiro atoms. The highest BCUT2D eigenvalue weighted by atomic mass is 35.5. The highest BCUT2D eigenvalue weighted by Gasteiger charge is 2.42. The van der Waals surface area contributed by atoms with Gasteiger partial charge in [-0.25, -0.2) is 0 Å². The van der Waals surface area contributed by atoms with Crippen LogP contribution in [0.3, 0.4) is 0 Å². The van der Waals surface area contributed by atoms with E-state index in [0.29, 0.717) is 0 Å². The third-order valence-electron chi connectivity index (χ3n) is 1.87. The van der Waals surface area contributed by atoms with Gasteiger partial charge in [-0.2, -0.15) is 0 Å². The van der Waals surface area contributed by atoms with E-state index in [0.717, 1.165) is 0 Å². The topological polar surface area (TPSA) is 95.9 Å². The van der Waals surface area contributed by atoms with Gasteiger partial charge in [-0.05, 0) is 0 Å². The maximum Gasteiger partial charge on any atom is 0.183 e. The Labute approximate surface area is 74.7 Å². The van der Waals surface area contributed by atoms with Gasteiger partial charge in [0.15, 0.2) is 6.29 Å². The Morgan fingerprint density at radius 1 is 1.25 bits per heavy atom. The second kappa shape index (κ2) is 3.87. The number of halogens is 1. The van der Waals surface area contributed by atoms with Gasteiger partial charge in [0, 0.05) is 6.54 Å². The summed E-state index contributed by atoms with van der Waals surface area (Å²) in [4.78, 5) is 0. The lowest BCUT2D eigenvalue weighted by molar-refractivity contribution is -0.242. The zero-order valence-electron chi connectivity index (χ0n) is 6.30. The second-order valence-electron chi connectivity index (χ2n) is 2.73. The third kappa shape index (κ3) is 1.71. The summed E-state index contributed by atoms with van der Waals surface area (Å²) < 4.78 is 4.82. The van der Waals surface area contributed by atoms with E-state index in [1.807, 2.05) is 0 Å². The minimum Gasteiger partial charge on any atom is -0.389 e. The predicted octanol–water partition coefficient (Wildman–Crippen LogP) is -2.01. The van der Waals surface area contributed by atoms with Crippen molar-refractivity contribution in [2.45, 2.75) is 30.0 Å². The molecule has 5 nitrogen and oxygen atoms in total. The summed E-state index contributed by atoms with van der Waals surface area (Å²) in [5, 5.41) is 26.6. The van der Waals surface area contributed by atoms with Crippen LogP contribution in [0.1, 0.15) is 0 Å². The lowest BCUT2D eigenvalue weighted by Crippen LogP contribution is -2.57. The minimum atomic E-state index is -1.41. The van der Waals surface area contributed by atoms with Gasteiger partial charge in [-0.3, -0.25) is 0 Å². The number of rotatable bonds is 1. The van der Waals surface area contributed by atoms with Gasteiger partial charge in [0.25, 0.3) is 0 Å². The smallest absolute Gasteiger partial charge is 0.183 e. The first-order chi connectivity index (χ1) is 5.57. The minimum absolute atomic E-state index is 0.0923. The fourth-order valence-electron chi connectivity index (χ4n) is 1.10. The molecule has 0 radical (unpaired) electrons. The molecule has 0 aromatic carbocycles. The Morgan fingerprint density at radius 3 is 2.33 bits per heavy atom. The fourth-order valence-corrected chi connectivity index (χ4v) is 1.41. The van der Waals surface area contributed by atoms with E-state index in [1.54, 1.807) is 0 Å². The van der Waals surface area contributed by atoms with Gasteiger partial charge in [0.2, 0.25) is 0 Å². The van der Waals surface area contributed by atoms with E-state index in [4.69, 9.17) is 32.3 Å². The Balaban J connectivity index is 2.63. The van der Waals surface area contributed by atoms with Gasteiger partial charge in [0.1, 0.15) is 12.2 Å². The highest BCUT2D eigenvalue weighted by Crippen LogP contribution is 2.23. The Morgan fingerprint density at radius 2 is 1.83 bits per heavy atom. The van der Waals surface area contributed by atoms with E-state index in [2.05, 4.69) is 0 Å². The molecule has 0 unspecified atom stereocenters. The van der Waals surface area contributed by atoms with E-state index in [9.17, 15) is 5.11 Å². The molecule has 0 aromatic heterocycles. The van der Waals surface area contributed by atoms with Crippen LogP contribution in [-0.4, -0.2) is 51.8 Å². The third-order valence-corrected chi connectivity index (χ3v) is 2.41. The summed E-state index contributed by atoms with van der Waals surface area (Å²) in [5.41, 5.74) is 5.25. The van der Waals surface area contributed by atoms with Crippen LogP contribution in [-0.2, 0) is 4.74 Å². The van der Waals surface area contributed by atoms with Crippen molar-refractivity contribution >= 4 is 11.6 Å². The molecule has 6 heteroatoms. The summed E-state index contributed by atoms with van der Waals surface area (Å²) in [7, 11) is 0. The molecule has 72 valence electrons. The summed E-state index contributed by atoms with van der Waals surface area (Å²) in [5.74, 6) is 0. The van der Waals surface area contributed by atoms with E-state index in [-0.39, 0.29) is 6.54 Å². The van der Waals surface area contributed by atoms with Crippen LogP contribution in [0.5, 0.6) is 0 Å². The largest absolute Gasteiger partial charge is 0.389 e. The molecule has 1 aliphatic heterocycles. The molecule has 5 N–H and O–H groups in total. The molecule has 0 aliphatic carbocycles. The van der Waals surface area contributed by atoms with Gasteiger partial charge >= 0.3 is 0 Å². The molecular weight excluding hydrogens is 186 g/mol. The molecule has 1 aliphatic rings. The van der Waals surface area contributed by atoms with Crippen molar-refractivity contribution in [1.82, 2.24) is 0 Å². The Hall–Kier alpha value is 0.0900. The average molecular weight is 198 g/mol. The van der Waals surface area contributed by atoms with Crippen LogP contribution < -0.4 is 5.73 Å². The molecule has 1 heterocycles. The molecule has 0 aromatic rings. The van der Waals surface area contributed by atoms with Gasteiger partial charge < -0.3 is 25.8 Å². The molecule has 0 amide bonds. The zero-order chi connectivity index (χ0) is 9.30. The number of nitrogens with two attached hydrogens (primary N) is 1. The predicted molar refractivity (Wildman–Crippen MR) is 41.6 cm³/mol. The number of alkyl halides is 1. The standard InChI is InChI=1S/C6H12ClNO4/c7-3-2(1-8)12-6(11)5(10)4(3)9/h2-6,9-11H,1,8H2/t2-,3+,4+,5-,6+/m1/s1. The van der Waals surface area contributed by atoms with Crippen LogP contribution in [0.15, 0.2) is 0 Å². The van der Waals surface area contributed by atoms with Crippen molar-refractivity contribution in [2.75, 3.05) is 6.54 Å². The monoisotopic (exact) mass is 197 g/mol. The lowest BCUT2D eigenvalue weighted by atomic mass is 10.0. The molecule has 1 rings (SSSR count). The normalized spacial score (nSPS) is 49.2. The van der Waals surface area contributed by atoms with Gasteiger partial charge in [-0.1, -0.05) is 0 Å². The van der Waals surface area contributed by atoms with E-state index >= 15 is 0 Å². The van der Waals surface area contributed by atoms with Crippen LogP contribution in [0.4, 0.5) is 0 Å². The molecule has 5 atom stereocenters. The summed E-state index contributed by atoms with van der Waals surface area (Å²) in [6.45, 7) is 0.0923. The van der Waals surface area contributed by atoms with E-state index in [1.165, 1.54) is 0 Å². The molecule has 12 heavy (non-hydrogen) atoms. The van der Waals surface area contributed by atoms with Crippen LogP contribution >= 0.6 is 11.6 Å². The maximum atomic E-state index is 9.24. The van der Waals surface area contributed by atoms with Crippen molar-refractivity contribution < 1.29 is 20.1 Å². The number of hydrogen-bond donors (Lipinski definition) is 4. The summed E-state index contributed by atoms with van der Waals surface area (Å²) in [6, 6.07) is 0. The highest BCUT2D eigenvalue weighted by molar-refractivity contribution is 6.21. The number of aliphatic hydroxyl groups excluding tert-OH is 3. The molecule has 1 fully saturated rings. The lowest BCUT2D eigenvalue weighted by Gasteiger charge is -2.37. The van der Waals surface area contributed by atoms with Crippen molar-refractivity contribution in [1.29, 1.82) is 0 Å². The zero-order valence-corrected chi connectivity index (χ0v) is 7.05.